The molecule has 0 unspecified atom stereocenters. The minimum atomic E-state index is 0.0417. The molecule has 0 rings (SSSR count). The van der Waals surface area contributed by atoms with Crippen LogP contribution in [0, 0.1) is 5.92 Å². The van der Waals surface area contributed by atoms with Crippen molar-refractivity contribution in [3.8, 4) is 0 Å². The fourth-order valence-corrected chi connectivity index (χ4v) is 0.408. The third-order valence-electron chi connectivity index (χ3n) is 0.588. The number of nitrogens with two attached hydrogens (primary N) is 1. The number of carbonyl (C=O) groups is 1. The van der Waals surface area contributed by atoms with Gasteiger partial charge in [0.25, 0.3) is 0 Å². The van der Waals surface area contributed by atoms with Gasteiger partial charge in [0, 0.05) is 5.92 Å². The molecule has 2 nitrogen and oxygen atoms in total. The van der Waals surface area contributed by atoms with Gasteiger partial charge < -0.3 is 0 Å². The van der Waals surface area contributed by atoms with E-state index in [1.807, 2.05) is 13.8 Å². The highest BCUT2D eigenvalue weighted by molar-refractivity contribution is 8.11. The van der Waals surface area contributed by atoms with Gasteiger partial charge >= 0.3 is 0 Å². The van der Waals surface area contributed by atoms with Gasteiger partial charge in [0.15, 0.2) is 0 Å². The van der Waals surface area contributed by atoms with Crippen LogP contribution < -0.4 is 5.14 Å². The Balaban J connectivity index is 3.35. The molecule has 0 atom stereocenters. The fourth-order valence-electron chi connectivity index (χ4n) is 0.136. The summed E-state index contributed by atoms with van der Waals surface area (Å²) >= 11 is 0.794. The van der Waals surface area contributed by atoms with Gasteiger partial charge in [0.2, 0.25) is 5.12 Å². The van der Waals surface area contributed by atoms with Gasteiger partial charge in [-0.3, -0.25) is 9.93 Å². The molecule has 0 heterocycles. The van der Waals surface area contributed by atoms with Crippen LogP contribution in [0.15, 0.2) is 0 Å². The molecular weight excluding hydrogens is 110 g/mol. The van der Waals surface area contributed by atoms with Crippen molar-refractivity contribution in [2.75, 3.05) is 0 Å². The fraction of sp³-hybridized carbons (Fsp3) is 0.750. The zero-order valence-electron chi connectivity index (χ0n) is 4.47. The van der Waals surface area contributed by atoms with Crippen LogP contribution in [0.25, 0.3) is 0 Å². The summed E-state index contributed by atoms with van der Waals surface area (Å²) in [7, 11) is 0. The van der Waals surface area contributed by atoms with Gasteiger partial charge in [-0.2, -0.15) is 0 Å². The first-order valence-corrected chi connectivity index (χ1v) is 2.97. The molecule has 0 aromatic heterocycles. The largest absolute Gasteiger partial charge is 0.286 e. The predicted octanol–water partition coefficient (Wildman–Crippen LogP) is 0.776. The van der Waals surface area contributed by atoms with Crippen molar-refractivity contribution < 1.29 is 4.79 Å². The monoisotopic (exact) mass is 119 g/mol. The van der Waals surface area contributed by atoms with Gasteiger partial charge in [-0.15, -0.1) is 0 Å². The Morgan fingerprint density at radius 3 is 2.14 bits per heavy atom. The molecule has 0 amide bonds. The van der Waals surface area contributed by atoms with E-state index in [2.05, 4.69) is 0 Å². The Bertz CT molecular complexity index is 72.1. The lowest BCUT2D eigenvalue weighted by molar-refractivity contribution is -0.113. The molecule has 2 N–H and O–H groups in total. The van der Waals surface area contributed by atoms with Crippen LogP contribution in [0.1, 0.15) is 13.8 Å². The van der Waals surface area contributed by atoms with Crippen molar-refractivity contribution in [3.05, 3.63) is 0 Å². The lowest BCUT2D eigenvalue weighted by atomic mass is 10.3. The van der Waals surface area contributed by atoms with Gasteiger partial charge in [0.05, 0.1) is 0 Å². The average molecular weight is 119 g/mol. The van der Waals surface area contributed by atoms with Gasteiger partial charge in [-0.25, -0.2) is 0 Å². The highest BCUT2D eigenvalue weighted by atomic mass is 32.2. The lowest BCUT2D eigenvalue weighted by Gasteiger charge is -1.94. The zero-order valence-corrected chi connectivity index (χ0v) is 5.29. The number of hydrogen-bond donors (Lipinski definition) is 1. The first-order valence-electron chi connectivity index (χ1n) is 2.09. The second kappa shape index (κ2) is 3.04. The molecule has 0 saturated heterocycles. The predicted molar refractivity (Wildman–Crippen MR) is 31.6 cm³/mol. The molecular formula is C4H9NOS. The molecule has 0 aliphatic heterocycles. The Hall–Kier alpha value is -0.0200. The van der Waals surface area contributed by atoms with E-state index in [0.29, 0.717) is 0 Å². The molecule has 0 aliphatic carbocycles. The second-order valence-electron chi connectivity index (χ2n) is 1.59. The van der Waals surface area contributed by atoms with E-state index in [-0.39, 0.29) is 11.0 Å². The molecule has 7 heavy (non-hydrogen) atoms. The van der Waals surface area contributed by atoms with Crippen LogP contribution in [-0.2, 0) is 4.79 Å². The molecule has 0 aliphatic rings. The first kappa shape index (κ1) is 6.98. The zero-order chi connectivity index (χ0) is 5.86. The second-order valence-corrected chi connectivity index (χ2v) is 2.23. The third kappa shape index (κ3) is 2.65. The van der Waals surface area contributed by atoms with E-state index in [1.165, 1.54) is 0 Å². The molecule has 0 aromatic rings. The van der Waals surface area contributed by atoms with Crippen LogP contribution in [0.5, 0.6) is 0 Å². The Morgan fingerprint density at radius 2 is 2.14 bits per heavy atom. The van der Waals surface area contributed by atoms with Crippen molar-refractivity contribution in [1.82, 2.24) is 0 Å². The van der Waals surface area contributed by atoms with E-state index in [4.69, 9.17) is 5.14 Å². The summed E-state index contributed by atoms with van der Waals surface area (Å²) in [5.74, 6) is 0.0648. The Kier molecular flexibility index (Phi) is 3.04. The van der Waals surface area contributed by atoms with Crippen molar-refractivity contribution in [2.24, 2.45) is 11.1 Å². The van der Waals surface area contributed by atoms with Crippen LogP contribution >= 0.6 is 11.9 Å². The number of carbonyl (C=O) groups excluding carboxylic acids is 1. The van der Waals surface area contributed by atoms with E-state index in [0.717, 1.165) is 11.9 Å². The number of rotatable bonds is 1. The van der Waals surface area contributed by atoms with Crippen molar-refractivity contribution >= 4 is 17.1 Å². The summed E-state index contributed by atoms with van der Waals surface area (Å²) in [5.41, 5.74) is 0. The topological polar surface area (TPSA) is 43.1 Å². The van der Waals surface area contributed by atoms with Crippen molar-refractivity contribution in [3.63, 3.8) is 0 Å². The lowest BCUT2D eigenvalue weighted by Crippen LogP contribution is -2.03. The van der Waals surface area contributed by atoms with E-state index in [9.17, 15) is 4.79 Å². The molecule has 0 bridgehead atoms. The SMILES string of the molecule is CC(C)C(=O)SN. The number of hydrogen-bond acceptors (Lipinski definition) is 3. The molecule has 0 fully saturated rings. The minimum absolute atomic E-state index is 0.0417. The maximum Gasteiger partial charge on any atom is 0.206 e. The third-order valence-corrected chi connectivity index (χ3v) is 1.29. The smallest absolute Gasteiger partial charge is 0.206 e. The summed E-state index contributed by atoms with van der Waals surface area (Å²) in [5, 5.41) is 4.98. The average Bonchev–Trinajstić information content (AvgIpc) is 1.65. The highest BCUT2D eigenvalue weighted by Gasteiger charge is 2.02. The summed E-state index contributed by atoms with van der Waals surface area (Å²) in [6.45, 7) is 3.64. The first-order chi connectivity index (χ1) is 3.18. The quantitative estimate of drug-likeness (QED) is 0.518. The normalized spacial score (nSPS) is 9.71. The van der Waals surface area contributed by atoms with E-state index < -0.39 is 0 Å². The molecule has 0 radical (unpaired) electrons. The van der Waals surface area contributed by atoms with Crippen LogP contribution in [-0.4, -0.2) is 5.12 Å². The standard InChI is InChI=1S/C4H9NOS/c1-3(2)4(6)7-5/h3H,5H2,1-2H3. The summed E-state index contributed by atoms with van der Waals surface area (Å²) in [4.78, 5) is 10.3. The van der Waals surface area contributed by atoms with E-state index >= 15 is 0 Å². The maximum atomic E-state index is 10.3. The van der Waals surface area contributed by atoms with Crippen LogP contribution in [0.3, 0.4) is 0 Å². The van der Waals surface area contributed by atoms with Crippen LogP contribution in [0.2, 0.25) is 0 Å². The molecule has 0 spiro atoms. The highest BCUT2D eigenvalue weighted by Crippen LogP contribution is 2.01. The minimum Gasteiger partial charge on any atom is -0.286 e. The molecule has 0 saturated carbocycles. The van der Waals surface area contributed by atoms with Gasteiger partial charge in [-0.1, -0.05) is 13.8 Å². The summed E-state index contributed by atoms with van der Waals surface area (Å²) < 4.78 is 0. The maximum absolute atomic E-state index is 10.3. The molecule has 3 heteroatoms. The van der Waals surface area contributed by atoms with Crippen molar-refractivity contribution in [2.45, 2.75) is 13.8 Å². The Labute approximate surface area is 47.6 Å². The van der Waals surface area contributed by atoms with Gasteiger partial charge in [0.1, 0.15) is 0 Å². The summed E-state index contributed by atoms with van der Waals surface area (Å²) in [6.07, 6.45) is 0. The molecule has 0 aromatic carbocycles. The van der Waals surface area contributed by atoms with E-state index in [1.54, 1.807) is 0 Å². The van der Waals surface area contributed by atoms with Gasteiger partial charge in [-0.05, 0) is 11.9 Å². The Morgan fingerprint density at radius 1 is 1.71 bits per heavy atom. The van der Waals surface area contributed by atoms with Crippen molar-refractivity contribution in [1.29, 1.82) is 0 Å². The molecule has 42 valence electrons. The summed E-state index contributed by atoms with van der Waals surface area (Å²) in [6, 6.07) is 0. The van der Waals surface area contributed by atoms with Crippen LogP contribution in [0.4, 0.5) is 0 Å².